The second-order valence-electron chi connectivity index (χ2n) is 7.58. The monoisotopic (exact) mass is 489 g/mol. The Labute approximate surface area is 202 Å². The predicted octanol–water partition coefficient (Wildman–Crippen LogP) is 3.36. The number of rotatable bonds is 12. The van der Waals surface area contributed by atoms with Gasteiger partial charge in [-0.05, 0) is 43.4 Å². The summed E-state index contributed by atoms with van der Waals surface area (Å²) in [6.07, 6.45) is 0. The molecule has 2 amide bonds. The van der Waals surface area contributed by atoms with Gasteiger partial charge in [-0.25, -0.2) is 4.98 Å². The number of nitrogens with zero attached hydrogens (tertiary/aromatic N) is 3. The molecule has 0 saturated carbocycles. The summed E-state index contributed by atoms with van der Waals surface area (Å²) in [6.45, 7) is 4.11. The van der Waals surface area contributed by atoms with Crippen LogP contribution in [-0.4, -0.2) is 66.2 Å². The van der Waals surface area contributed by atoms with Crippen molar-refractivity contribution in [3.8, 4) is 11.5 Å². The van der Waals surface area contributed by atoms with E-state index in [1.165, 1.54) is 25.3 Å². The van der Waals surface area contributed by atoms with Crippen molar-refractivity contribution in [3.05, 3.63) is 48.0 Å². The van der Waals surface area contributed by atoms with Gasteiger partial charge in [-0.15, -0.1) is 0 Å². The lowest BCUT2D eigenvalue weighted by molar-refractivity contribution is -0.115. The topological polar surface area (TPSA) is 97.7 Å². The molecule has 0 aliphatic heterocycles. The largest absolute Gasteiger partial charge is 0.493 e. The Morgan fingerprint density at radius 3 is 2.54 bits per heavy atom. The molecule has 3 rings (SSSR count). The summed E-state index contributed by atoms with van der Waals surface area (Å²) in [5, 5.41) is 5.28. The van der Waals surface area contributed by atoms with Gasteiger partial charge in [0.05, 0.1) is 24.7 Å². The lowest BCUT2D eigenvalue weighted by Crippen LogP contribution is -2.34. The summed E-state index contributed by atoms with van der Waals surface area (Å²) in [5.74, 6) is -0.850. The molecule has 1 heterocycles. The van der Waals surface area contributed by atoms with E-state index >= 15 is 0 Å². The van der Waals surface area contributed by atoms with Gasteiger partial charge in [0.25, 0.3) is 5.91 Å². The van der Waals surface area contributed by atoms with Crippen LogP contribution in [0.15, 0.2) is 42.5 Å². The normalized spacial score (nSPS) is 11.2. The summed E-state index contributed by atoms with van der Waals surface area (Å²) < 4.78 is 36.3. The Bertz CT molecular complexity index is 1160. The molecule has 0 spiro atoms. The molecular weight excluding hydrogens is 460 g/mol. The highest BCUT2D eigenvalue weighted by atomic mass is 19.3. The van der Waals surface area contributed by atoms with Crippen LogP contribution < -0.4 is 20.1 Å². The number of anilines is 1. The third kappa shape index (κ3) is 6.66. The minimum Gasteiger partial charge on any atom is -0.493 e. The van der Waals surface area contributed by atoms with E-state index in [4.69, 9.17) is 4.74 Å². The summed E-state index contributed by atoms with van der Waals surface area (Å²) >= 11 is 0. The van der Waals surface area contributed by atoms with Gasteiger partial charge in [0, 0.05) is 18.7 Å². The number of imidazole rings is 1. The average Bonchev–Trinajstić information content (AvgIpc) is 3.19. The lowest BCUT2D eigenvalue weighted by atomic mass is 10.2. The molecule has 0 atom stereocenters. The molecule has 0 saturated heterocycles. The van der Waals surface area contributed by atoms with Crippen LogP contribution in [0.5, 0.6) is 11.5 Å². The van der Waals surface area contributed by atoms with Crippen LogP contribution in [0, 0.1) is 0 Å². The fraction of sp³-hybridized carbons (Fsp3) is 0.375. The van der Waals surface area contributed by atoms with Crippen LogP contribution in [0.4, 0.5) is 14.7 Å². The number of carbonyl (C=O) groups is 2. The third-order valence-electron chi connectivity index (χ3n) is 5.49. The number of ether oxygens (including phenoxy) is 2. The summed E-state index contributed by atoms with van der Waals surface area (Å²) in [5.41, 5.74) is 1.78. The number of hydrogen-bond acceptors (Lipinski definition) is 6. The number of alkyl halides is 2. The fourth-order valence-electron chi connectivity index (χ4n) is 3.61. The van der Waals surface area contributed by atoms with Crippen molar-refractivity contribution in [3.63, 3.8) is 0 Å². The number of amides is 2. The molecule has 1 aromatic heterocycles. The zero-order chi connectivity index (χ0) is 25.4. The molecule has 2 N–H and O–H groups in total. The zero-order valence-corrected chi connectivity index (χ0v) is 19.9. The number of halogens is 2. The highest BCUT2D eigenvalue weighted by Crippen LogP contribution is 2.29. The van der Waals surface area contributed by atoms with Gasteiger partial charge < -0.3 is 24.3 Å². The second kappa shape index (κ2) is 12.1. The maximum Gasteiger partial charge on any atom is 0.387 e. The molecule has 35 heavy (non-hydrogen) atoms. The van der Waals surface area contributed by atoms with Gasteiger partial charge in [0.15, 0.2) is 11.5 Å². The van der Waals surface area contributed by atoms with Gasteiger partial charge in [-0.3, -0.25) is 14.9 Å². The van der Waals surface area contributed by atoms with Gasteiger partial charge >= 0.3 is 6.61 Å². The predicted molar refractivity (Wildman–Crippen MR) is 128 cm³/mol. The highest BCUT2D eigenvalue weighted by Gasteiger charge is 2.17. The smallest absolute Gasteiger partial charge is 0.387 e. The molecule has 0 aliphatic rings. The van der Waals surface area contributed by atoms with Crippen LogP contribution in [0.3, 0.4) is 0 Å². The van der Waals surface area contributed by atoms with Crippen LogP contribution in [0.1, 0.15) is 24.2 Å². The van der Waals surface area contributed by atoms with Crippen LogP contribution >= 0.6 is 0 Å². The first-order valence-corrected chi connectivity index (χ1v) is 11.2. The summed E-state index contributed by atoms with van der Waals surface area (Å²) in [6, 6.07) is 11.4. The zero-order valence-electron chi connectivity index (χ0n) is 19.9. The SMILES string of the molecule is CCN(CC)CCn1c(NC(=O)CNC(=O)c2ccc(OC(F)F)c(OC)c2)nc2ccccc21. The van der Waals surface area contributed by atoms with Crippen LogP contribution in [-0.2, 0) is 11.3 Å². The Morgan fingerprint density at radius 1 is 1.11 bits per heavy atom. The third-order valence-corrected chi connectivity index (χ3v) is 5.49. The number of carbonyl (C=O) groups excluding carboxylic acids is 2. The number of hydrogen-bond donors (Lipinski definition) is 2. The van der Waals surface area contributed by atoms with E-state index in [1.807, 2.05) is 28.8 Å². The molecule has 0 fully saturated rings. The number of para-hydroxylation sites is 2. The molecule has 0 aliphatic carbocycles. The fourth-order valence-corrected chi connectivity index (χ4v) is 3.61. The maximum absolute atomic E-state index is 12.6. The van der Waals surface area contributed by atoms with E-state index in [0.29, 0.717) is 12.5 Å². The van der Waals surface area contributed by atoms with E-state index < -0.39 is 18.4 Å². The molecule has 188 valence electrons. The van der Waals surface area contributed by atoms with Crippen LogP contribution in [0.25, 0.3) is 11.0 Å². The van der Waals surface area contributed by atoms with E-state index in [1.54, 1.807) is 0 Å². The van der Waals surface area contributed by atoms with Crippen molar-refractivity contribution in [2.24, 2.45) is 0 Å². The van der Waals surface area contributed by atoms with E-state index in [-0.39, 0.29) is 23.6 Å². The first-order valence-electron chi connectivity index (χ1n) is 11.2. The molecular formula is C24H29F2N5O4. The Balaban J connectivity index is 1.67. The first kappa shape index (κ1) is 25.9. The van der Waals surface area contributed by atoms with Crippen molar-refractivity contribution >= 4 is 28.8 Å². The molecule has 11 heteroatoms. The summed E-state index contributed by atoms with van der Waals surface area (Å²) in [7, 11) is 1.27. The van der Waals surface area contributed by atoms with Crippen molar-refractivity contribution in [2.45, 2.75) is 27.0 Å². The molecule has 0 unspecified atom stereocenters. The number of benzene rings is 2. The van der Waals surface area contributed by atoms with Crippen molar-refractivity contribution in [1.29, 1.82) is 0 Å². The Hall–Kier alpha value is -3.73. The lowest BCUT2D eigenvalue weighted by Gasteiger charge is -2.19. The number of fused-ring (bicyclic) bond motifs is 1. The Kier molecular flexibility index (Phi) is 8.96. The molecule has 0 bridgehead atoms. The first-order chi connectivity index (χ1) is 16.9. The maximum atomic E-state index is 12.6. The second-order valence-corrected chi connectivity index (χ2v) is 7.58. The quantitative estimate of drug-likeness (QED) is 0.405. The number of likely N-dealkylation sites (N-methyl/N-ethyl adjacent to an activating group) is 1. The minimum absolute atomic E-state index is 0.0238. The van der Waals surface area contributed by atoms with E-state index in [9.17, 15) is 18.4 Å². The van der Waals surface area contributed by atoms with E-state index in [0.717, 1.165) is 30.7 Å². The van der Waals surface area contributed by atoms with Crippen LogP contribution in [0.2, 0.25) is 0 Å². The van der Waals surface area contributed by atoms with Gasteiger partial charge in [-0.1, -0.05) is 26.0 Å². The molecule has 9 nitrogen and oxygen atoms in total. The summed E-state index contributed by atoms with van der Waals surface area (Å²) in [4.78, 5) is 31.9. The van der Waals surface area contributed by atoms with E-state index in [2.05, 4.69) is 39.1 Å². The molecule has 2 aromatic carbocycles. The van der Waals surface area contributed by atoms with Crippen molar-refractivity contribution < 1.29 is 27.8 Å². The number of aromatic nitrogens is 2. The Morgan fingerprint density at radius 2 is 1.86 bits per heavy atom. The standard InChI is InChI=1S/C24H29F2N5O4/c1-4-30(5-2)12-13-31-18-9-7-6-8-17(18)28-24(31)29-21(32)15-27-22(33)16-10-11-19(35-23(25)26)20(14-16)34-3/h6-11,14,23H,4-5,12-13,15H2,1-3H3,(H,27,33)(H,28,29,32). The van der Waals surface area contributed by atoms with Crippen molar-refractivity contribution in [2.75, 3.05) is 38.6 Å². The van der Waals surface area contributed by atoms with Gasteiger partial charge in [0.2, 0.25) is 11.9 Å². The minimum atomic E-state index is -3.02. The number of methoxy groups -OCH3 is 1. The number of nitrogens with one attached hydrogen (secondary N) is 2. The molecule has 0 radical (unpaired) electrons. The van der Waals surface area contributed by atoms with Gasteiger partial charge in [0.1, 0.15) is 0 Å². The van der Waals surface area contributed by atoms with Gasteiger partial charge in [-0.2, -0.15) is 8.78 Å². The average molecular weight is 490 g/mol. The highest BCUT2D eigenvalue weighted by molar-refractivity contribution is 5.99. The van der Waals surface area contributed by atoms with Crippen molar-refractivity contribution in [1.82, 2.24) is 19.8 Å². The molecule has 3 aromatic rings.